The number of hydrogen-bond acceptors (Lipinski definition) is 8. The number of rotatable bonds is 9. The molecule has 0 spiro atoms. The zero-order chi connectivity index (χ0) is 24.1. The van der Waals surface area contributed by atoms with Crippen LogP contribution in [0.3, 0.4) is 0 Å². The lowest BCUT2D eigenvalue weighted by atomic mass is 10.1. The first-order valence-corrected chi connectivity index (χ1v) is 11.4. The Labute approximate surface area is 201 Å². The second kappa shape index (κ2) is 10.4. The fourth-order valence-electron chi connectivity index (χ4n) is 3.24. The van der Waals surface area contributed by atoms with E-state index in [9.17, 15) is 4.79 Å². The van der Waals surface area contributed by atoms with E-state index in [-0.39, 0.29) is 11.4 Å². The molecule has 2 aromatic rings. The lowest BCUT2D eigenvalue weighted by Gasteiger charge is -2.20. The van der Waals surface area contributed by atoms with Crippen molar-refractivity contribution in [2.75, 3.05) is 26.9 Å². The van der Waals surface area contributed by atoms with E-state index in [4.69, 9.17) is 24.4 Å². The second-order valence-electron chi connectivity index (χ2n) is 7.15. The van der Waals surface area contributed by atoms with Crippen LogP contribution in [0.15, 0.2) is 58.1 Å². The van der Waals surface area contributed by atoms with Crippen molar-refractivity contribution < 1.29 is 23.7 Å². The van der Waals surface area contributed by atoms with Crippen LogP contribution in [0.4, 0.5) is 0 Å². The highest BCUT2D eigenvalue weighted by atomic mass is 32.2. The number of carbonyl (C=O) groups is 1. The Morgan fingerprint density at radius 3 is 2.50 bits per heavy atom. The van der Waals surface area contributed by atoms with Crippen molar-refractivity contribution in [1.29, 1.82) is 5.41 Å². The first kappa shape index (κ1) is 23.4. The largest absolute Gasteiger partial charge is 0.497 e. The van der Waals surface area contributed by atoms with Gasteiger partial charge in [-0.15, -0.1) is 0 Å². The van der Waals surface area contributed by atoms with Crippen LogP contribution < -0.4 is 18.9 Å². The maximum Gasteiger partial charge on any atom is 0.283 e. The monoisotopic (exact) mass is 480 g/mol. The van der Waals surface area contributed by atoms with Crippen molar-refractivity contribution in [3.05, 3.63) is 53.6 Å². The Bertz CT molecular complexity index is 1190. The number of benzene rings is 2. The zero-order valence-electron chi connectivity index (χ0n) is 19.0. The third-order valence-electron chi connectivity index (χ3n) is 4.80. The van der Waals surface area contributed by atoms with E-state index in [0.717, 1.165) is 16.5 Å². The van der Waals surface area contributed by atoms with Gasteiger partial charge in [0.25, 0.3) is 5.91 Å². The van der Waals surface area contributed by atoms with Crippen molar-refractivity contribution >= 4 is 39.8 Å². The maximum absolute atomic E-state index is 12.5. The van der Waals surface area contributed by atoms with Gasteiger partial charge in [-0.1, -0.05) is 6.07 Å². The Kier molecular flexibility index (Phi) is 7.17. The normalized spacial score (nSPS) is 16.2. The van der Waals surface area contributed by atoms with Crippen LogP contribution >= 0.6 is 11.8 Å². The minimum atomic E-state index is -0.470. The Hall–Kier alpha value is -3.79. The highest BCUT2D eigenvalue weighted by molar-refractivity contribution is 8.26. The van der Waals surface area contributed by atoms with Gasteiger partial charge in [0.15, 0.2) is 17.3 Å². The van der Waals surface area contributed by atoms with Gasteiger partial charge in [-0.25, -0.2) is 0 Å². The smallest absolute Gasteiger partial charge is 0.283 e. The average molecular weight is 481 g/mol. The summed E-state index contributed by atoms with van der Waals surface area (Å²) in [7, 11) is 1.62. The first-order chi connectivity index (χ1) is 16.5. The van der Waals surface area contributed by atoms with Crippen molar-refractivity contribution in [2.45, 2.75) is 13.8 Å². The first-order valence-electron chi connectivity index (χ1n) is 10.6. The molecule has 0 radical (unpaired) electrons. The van der Waals surface area contributed by atoms with Crippen LogP contribution in [0, 0.1) is 5.41 Å². The number of amidine groups is 2. The second-order valence-corrected chi connectivity index (χ2v) is 8.31. The highest BCUT2D eigenvalue weighted by Crippen LogP contribution is 2.31. The summed E-state index contributed by atoms with van der Waals surface area (Å²) in [6.07, 6.45) is 1.61. The van der Waals surface area contributed by atoms with Gasteiger partial charge in [0.1, 0.15) is 24.7 Å². The predicted molar refractivity (Wildman–Crippen MR) is 132 cm³/mol. The van der Waals surface area contributed by atoms with Gasteiger partial charge in [-0.2, -0.15) is 15.1 Å². The van der Waals surface area contributed by atoms with Crippen LogP contribution in [0.2, 0.25) is 0 Å². The van der Waals surface area contributed by atoms with Gasteiger partial charge >= 0.3 is 0 Å². The molecule has 0 fully saturated rings. The number of aliphatic imine (C=N–C) groups is 1. The van der Waals surface area contributed by atoms with E-state index in [2.05, 4.69) is 10.1 Å². The fourth-order valence-corrected chi connectivity index (χ4v) is 3.97. The molecule has 0 bridgehead atoms. The summed E-state index contributed by atoms with van der Waals surface area (Å²) in [5.41, 5.74) is 0.844. The highest BCUT2D eigenvalue weighted by Gasteiger charge is 2.34. The van der Waals surface area contributed by atoms with Gasteiger partial charge in [0.05, 0.1) is 24.3 Å². The third-order valence-corrected chi connectivity index (χ3v) is 5.63. The van der Waals surface area contributed by atoms with Crippen LogP contribution in [0.5, 0.6) is 23.0 Å². The summed E-state index contributed by atoms with van der Waals surface area (Å²) in [6.45, 7) is 4.80. The molecule has 0 aromatic heterocycles. The number of methoxy groups -OCH3 is 1. The molecular formula is C24H24N4O5S. The molecule has 2 aromatic carbocycles. The molecule has 0 saturated carbocycles. The van der Waals surface area contributed by atoms with Crippen LogP contribution in [0.1, 0.15) is 19.4 Å². The Balaban J connectivity index is 1.44. The number of amides is 1. The molecule has 2 aliphatic heterocycles. The third kappa shape index (κ3) is 5.23. The molecule has 0 saturated heterocycles. The van der Waals surface area contributed by atoms with E-state index in [1.807, 2.05) is 38.1 Å². The fraction of sp³-hybridized carbons (Fsp3) is 0.250. The number of hydrazone groups is 1. The SMILES string of the molecule is CCOc1cc(/C=C2\C(=N)N3N=C(C)SC3=NC2=O)ccc1OCCOc1ccc(OC)cc1. The summed E-state index contributed by atoms with van der Waals surface area (Å²) in [6, 6.07) is 12.6. The number of carbonyl (C=O) groups excluding carboxylic acids is 1. The zero-order valence-corrected chi connectivity index (χ0v) is 19.8. The summed E-state index contributed by atoms with van der Waals surface area (Å²) < 4.78 is 22.4. The molecule has 2 heterocycles. The summed E-state index contributed by atoms with van der Waals surface area (Å²) in [4.78, 5) is 16.5. The predicted octanol–water partition coefficient (Wildman–Crippen LogP) is 4.19. The summed E-state index contributed by atoms with van der Waals surface area (Å²) in [5, 5.41) is 15.1. The molecule has 1 N–H and O–H groups in total. The minimum absolute atomic E-state index is 0.00619. The Morgan fingerprint density at radius 1 is 1.03 bits per heavy atom. The number of fused-ring (bicyclic) bond motifs is 1. The van der Waals surface area contributed by atoms with Crippen molar-refractivity contribution in [3.8, 4) is 23.0 Å². The van der Waals surface area contributed by atoms with Crippen LogP contribution in [-0.2, 0) is 4.79 Å². The molecule has 0 unspecified atom stereocenters. The lowest BCUT2D eigenvalue weighted by Crippen LogP contribution is -2.35. The summed E-state index contributed by atoms with van der Waals surface area (Å²) in [5.74, 6) is 2.10. The van der Waals surface area contributed by atoms with Gasteiger partial charge in [0, 0.05) is 0 Å². The molecular weight excluding hydrogens is 456 g/mol. The number of nitrogens with zero attached hydrogens (tertiary/aromatic N) is 3. The van der Waals surface area contributed by atoms with Crippen molar-refractivity contribution in [3.63, 3.8) is 0 Å². The molecule has 1 amide bonds. The lowest BCUT2D eigenvalue weighted by molar-refractivity contribution is -0.114. The maximum atomic E-state index is 12.5. The van der Waals surface area contributed by atoms with E-state index in [0.29, 0.717) is 42.1 Å². The molecule has 9 nitrogen and oxygen atoms in total. The average Bonchev–Trinajstić information content (AvgIpc) is 3.21. The number of thioether (sulfide) groups is 1. The van der Waals surface area contributed by atoms with E-state index in [1.54, 1.807) is 31.4 Å². The molecule has 2 aliphatic rings. The van der Waals surface area contributed by atoms with Crippen molar-refractivity contribution in [2.24, 2.45) is 10.1 Å². The number of hydrogen-bond donors (Lipinski definition) is 1. The molecule has 10 heteroatoms. The minimum Gasteiger partial charge on any atom is -0.497 e. The number of nitrogens with one attached hydrogen (secondary N) is 1. The molecule has 176 valence electrons. The quantitative estimate of drug-likeness (QED) is 0.424. The van der Waals surface area contributed by atoms with Crippen molar-refractivity contribution in [1.82, 2.24) is 5.01 Å². The Morgan fingerprint density at radius 2 is 1.76 bits per heavy atom. The van der Waals surface area contributed by atoms with Gasteiger partial charge in [0.2, 0.25) is 5.17 Å². The van der Waals surface area contributed by atoms with Crippen LogP contribution in [-0.4, -0.2) is 53.9 Å². The summed E-state index contributed by atoms with van der Waals surface area (Å²) >= 11 is 1.27. The van der Waals surface area contributed by atoms with Crippen LogP contribution in [0.25, 0.3) is 6.08 Å². The van der Waals surface area contributed by atoms with E-state index in [1.165, 1.54) is 16.8 Å². The van der Waals surface area contributed by atoms with Gasteiger partial charge in [-0.3, -0.25) is 10.2 Å². The molecule has 0 aliphatic carbocycles. The topological polar surface area (TPSA) is 106 Å². The molecule has 4 rings (SSSR count). The van der Waals surface area contributed by atoms with Gasteiger partial charge in [-0.05, 0) is 73.6 Å². The number of ether oxygens (including phenoxy) is 4. The standard InChI is InChI=1S/C24H24N4O5S/c1-4-31-21-14-16(13-19-22(25)28-24(26-23(19)29)34-15(2)27-28)5-10-20(21)33-12-11-32-18-8-6-17(30-3)7-9-18/h5-10,13-14,25H,4,11-12H2,1-3H3/b19-13+,25-22?. The van der Waals surface area contributed by atoms with Gasteiger partial charge < -0.3 is 18.9 Å². The molecule has 34 heavy (non-hydrogen) atoms. The van der Waals surface area contributed by atoms with E-state index >= 15 is 0 Å². The van der Waals surface area contributed by atoms with E-state index < -0.39 is 5.91 Å². The molecule has 0 atom stereocenters.